The van der Waals surface area contributed by atoms with Crippen LogP contribution in [0.5, 0.6) is 5.75 Å². The van der Waals surface area contributed by atoms with Gasteiger partial charge in [0.2, 0.25) is 0 Å². The van der Waals surface area contributed by atoms with E-state index in [0.717, 1.165) is 11.1 Å². The van der Waals surface area contributed by atoms with Crippen LogP contribution >= 0.6 is 23.2 Å². The Morgan fingerprint density at radius 2 is 1.70 bits per heavy atom. The van der Waals surface area contributed by atoms with E-state index < -0.39 is 29.9 Å². The van der Waals surface area contributed by atoms with E-state index in [1.165, 1.54) is 12.3 Å². The number of hydrazone groups is 1. The molecule has 4 aromatic rings. The first-order valence-electron chi connectivity index (χ1n) is 13.4. The molecule has 9 nitrogen and oxygen atoms in total. The summed E-state index contributed by atoms with van der Waals surface area (Å²) < 4.78 is 16.5. The van der Waals surface area contributed by atoms with Gasteiger partial charge in [-0.3, -0.25) is 9.59 Å². The predicted octanol–water partition coefficient (Wildman–Crippen LogP) is 6.08. The maximum Gasteiger partial charge on any atom is 0.338 e. The lowest BCUT2D eigenvalue weighted by molar-refractivity contribution is -0.132. The van der Waals surface area contributed by atoms with Crippen molar-refractivity contribution in [1.29, 1.82) is 0 Å². The summed E-state index contributed by atoms with van der Waals surface area (Å²) in [7, 11) is 0. The molecule has 2 N–H and O–H groups in total. The number of carbonyl (C=O) groups excluding carboxylic acids is 3. The number of amides is 2. The average Bonchev–Trinajstić information content (AvgIpc) is 3.47. The number of nitrogens with zero attached hydrogens (tertiary/aromatic N) is 1. The summed E-state index contributed by atoms with van der Waals surface area (Å²) in [6.07, 6.45) is 0.611. The summed E-state index contributed by atoms with van der Waals surface area (Å²) >= 11 is 12.1. The number of halogens is 2. The molecule has 0 saturated carbocycles. The van der Waals surface area contributed by atoms with Crippen LogP contribution in [0.4, 0.5) is 0 Å². The van der Waals surface area contributed by atoms with E-state index in [1.54, 1.807) is 62.4 Å². The molecule has 11 heteroatoms. The van der Waals surface area contributed by atoms with Gasteiger partial charge < -0.3 is 19.2 Å². The second-order valence-corrected chi connectivity index (χ2v) is 10.2. The third kappa shape index (κ3) is 8.94. The summed E-state index contributed by atoms with van der Waals surface area (Å²) in [4.78, 5) is 38.0. The Hall–Kier alpha value is -4.60. The molecule has 2 amide bonds. The lowest BCUT2D eigenvalue weighted by Crippen LogP contribution is -2.50. The fourth-order valence-corrected chi connectivity index (χ4v) is 4.42. The van der Waals surface area contributed by atoms with Crippen LogP contribution in [-0.4, -0.2) is 42.8 Å². The molecule has 3 aromatic carbocycles. The molecular formula is C32H29Cl2N3O6. The first-order valence-corrected chi connectivity index (χ1v) is 14.2. The molecule has 2 atom stereocenters. The van der Waals surface area contributed by atoms with Crippen LogP contribution in [0.2, 0.25) is 10.0 Å². The van der Waals surface area contributed by atoms with Gasteiger partial charge in [0.05, 0.1) is 23.4 Å². The fourth-order valence-electron chi connectivity index (χ4n) is 3.96. The maximum atomic E-state index is 13.1. The quantitative estimate of drug-likeness (QED) is 0.112. The molecule has 4 rings (SSSR count). The molecule has 0 fully saturated rings. The number of ether oxygens (including phenoxy) is 2. The van der Waals surface area contributed by atoms with Gasteiger partial charge in [-0.05, 0) is 61.9 Å². The highest BCUT2D eigenvalue weighted by atomic mass is 35.5. The van der Waals surface area contributed by atoms with Crippen molar-refractivity contribution in [2.45, 2.75) is 32.4 Å². The second kappa shape index (κ2) is 15.0. The van der Waals surface area contributed by atoms with Gasteiger partial charge in [-0.2, -0.15) is 5.10 Å². The molecule has 0 aliphatic heterocycles. The Bertz CT molecular complexity index is 1590. The maximum absolute atomic E-state index is 13.1. The molecule has 0 spiro atoms. The summed E-state index contributed by atoms with van der Waals surface area (Å²) in [6.45, 7) is 3.59. The van der Waals surface area contributed by atoms with Crippen molar-refractivity contribution in [2.75, 3.05) is 6.61 Å². The molecular weight excluding hydrogens is 593 g/mol. The van der Waals surface area contributed by atoms with E-state index in [9.17, 15) is 14.4 Å². The number of carbonyl (C=O) groups is 3. The second-order valence-electron chi connectivity index (χ2n) is 9.32. The van der Waals surface area contributed by atoms with Crippen molar-refractivity contribution in [1.82, 2.24) is 10.7 Å². The molecule has 1 aromatic heterocycles. The molecule has 0 bridgehead atoms. The van der Waals surface area contributed by atoms with Gasteiger partial charge in [-0.15, -0.1) is 0 Å². The molecule has 222 valence electrons. The van der Waals surface area contributed by atoms with Crippen LogP contribution in [0.3, 0.4) is 0 Å². The highest BCUT2D eigenvalue weighted by Crippen LogP contribution is 2.28. The first-order chi connectivity index (χ1) is 20.7. The van der Waals surface area contributed by atoms with Gasteiger partial charge >= 0.3 is 5.97 Å². The van der Waals surface area contributed by atoms with Crippen molar-refractivity contribution in [3.05, 3.63) is 112 Å². The highest BCUT2D eigenvalue weighted by molar-refractivity contribution is 6.35. The molecule has 1 heterocycles. The molecule has 43 heavy (non-hydrogen) atoms. The van der Waals surface area contributed by atoms with E-state index in [2.05, 4.69) is 15.8 Å². The van der Waals surface area contributed by atoms with Crippen LogP contribution in [0.25, 0.3) is 11.3 Å². The summed E-state index contributed by atoms with van der Waals surface area (Å²) in [6, 6.07) is 23.2. The van der Waals surface area contributed by atoms with Gasteiger partial charge in [0.1, 0.15) is 23.3 Å². The van der Waals surface area contributed by atoms with Crippen LogP contribution < -0.4 is 15.5 Å². The lowest BCUT2D eigenvalue weighted by Gasteiger charge is -2.21. The third-order valence-electron chi connectivity index (χ3n) is 6.16. The SMILES string of the molecule is CCOC(=O)c1ccc(-c2ccc(/C=N\NC(=O)[C@@H](Cc3ccccc3)NC(=O)[C@@H](C)Oc3ccc(Cl)cc3Cl)o2)cc1. The number of hydrogen-bond acceptors (Lipinski definition) is 7. The smallest absolute Gasteiger partial charge is 0.338 e. The Kier molecular flexibility index (Phi) is 11.0. The van der Waals surface area contributed by atoms with Gasteiger partial charge in [0.25, 0.3) is 11.8 Å². The molecule has 0 aliphatic carbocycles. The van der Waals surface area contributed by atoms with Gasteiger partial charge in [0.15, 0.2) is 6.10 Å². The fraction of sp³-hybridized carbons (Fsp3) is 0.188. The van der Waals surface area contributed by atoms with Crippen molar-refractivity contribution < 1.29 is 28.3 Å². The van der Waals surface area contributed by atoms with Gasteiger partial charge in [-0.1, -0.05) is 65.7 Å². The Labute approximate surface area is 258 Å². The normalized spacial score (nSPS) is 12.4. The Morgan fingerprint density at radius 1 is 0.953 bits per heavy atom. The minimum atomic E-state index is -0.957. The minimum absolute atomic E-state index is 0.217. The van der Waals surface area contributed by atoms with E-state index >= 15 is 0 Å². The number of hydrogen-bond donors (Lipinski definition) is 2. The van der Waals surface area contributed by atoms with Gasteiger partial charge in [-0.25, -0.2) is 10.2 Å². The van der Waals surface area contributed by atoms with Gasteiger partial charge in [0, 0.05) is 17.0 Å². The highest BCUT2D eigenvalue weighted by Gasteiger charge is 2.25. The Balaban J connectivity index is 1.40. The lowest BCUT2D eigenvalue weighted by atomic mass is 10.1. The zero-order chi connectivity index (χ0) is 30.8. The zero-order valence-corrected chi connectivity index (χ0v) is 24.9. The number of esters is 1. The number of benzene rings is 3. The van der Waals surface area contributed by atoms with Crippen LogP contribution in [-0.2, 0) is 20.7 Å². The summed E-state index contributed by atoms with van der Waals surface area (Å²) in [5, 5.41) is 7.45. The zero-order valence-electron chi connectivity index (χ0n) is 23.4. The Morgan fingerprint density at radius 3 is 2.40 bits per heavy atom. The predicted molar refractivity (Wildman–Crippen MR) is 164 cm³/mol. The van der Waals surface area contributed by atoms with E-state index in [-0.39, 0.29) is 17.2 Å². The topological polar surface area (TPSA) is 119 Å². The third-order valence-corrected chi connectivity index (χ3v) is 6.69. The summed E-state index contributed by atoms with van der Waals surface area (Å²) in [5.74, 6) is -0.230. The number of nitrogens with one attached hydrogen (secondary N) is 2. The summed E-state index contributed by atoms with van der Waals surface area (Å²) in [5.41, 5.74) is 4.50. The first kappa shape index (κ1) is 31.3. The van der Waals surface area contributed by atoms with Crippen LogP contribution in [0.15, 0.2) is 94.4 Å². The van der Waals surface area contributed by atoms with Crippen molar-refractivity contribution in [3.63, 3.8) is 0 Å². The van der Waals surface area contributed by atoms with Crippen molar-refractivity contribution in [2.24, 2.45) is 5.10 Å². The van der Waals surface area contributed by atoms with E-state index in [4.69, 9.17) is 37.1 Å². The largest absolute Gasteiger partial charge is 0.479 e. The van der Waals surface area contributed by atoms with Crippen molar-refractivity contribution >= 4 is 47.2 Å². The standard InChI is InChI=1S/C32H29Cl2N3O6/c1-3-41-32(40)23-11-9-22(10-12-23)28-16-14-25(43-28)19-35-37-31(39)27(17-21-7-5-4-6-8-21)36-30(38)20(2)42-29-15-13-24(33)18-26(29)34/h4-16,18-20,27H,3,17H2,1-2H3,(H,36,38)(H,37,39)/b35-19-/t20-,27-/m1/s1. The molecule has 0 unspecified atom stereocenters. The average molecular weight is 623 g/mol. The van der Waals surface area contributed by atoms with Crippen LogP contribution in [0, 0.1) is 0 Å². The van der Waals surface area contributed by atoms with E-state index in [1.807, 2.05) is 30.3 Å². The van der Waals surface area contributed by atoms with E-state index in [0.29, 0.717) is 28.7 Å². The monoisotopic (exact) mass is 621 g/mol. The van der Waals surface area contributed by atoms with Crippen molar-refractivity contribution in [3.8, 4) is 17.1 Å². The molecule has 0 radical (unpaired) electrons. The number of furan rings is 1. The number of rotatable bonds is 12. The molecule has 0 aliphatic rings. The van der Waals surface area contributed by atoms with Crippen LogP contribution in [0.1, 0.15) is 35.5 Å². The minimum Gasteiger partial charge on any atom is -0.479 e. The molecule has 0 saturated heterocycles.